The minimum atomic E-state index is -3.84. The normalized spacial score (nSPS) is 11.3. The molecule has 0 aliphatic heterocycles. The molecular weight excluding hydrogens is 388 g/mol. The molecule has 1 aromatic heterocycles. The average Bonchev–Trinajstić information content (AvgIpc) is 2.76. The van der Waals surface area contributed by atoms with Gasteiger partial charge in [0, 0.05) is 16.8 Å². The van der Waals surface area contributed by atoms with Crippen molar-refractivity contribution in [2.24, 2.45) is 0 Å². The Morgan fingerprint density at radius 1 is 1.45 bits per heavy atom. The monoisotopic (exact) mass is 394 g/mol. The Balaban J connectivity index is 2.33. The molecule has 5 nitrogen and oxygen atoms in total. The lowest BCUT2D eigenvalue weighted by atomic mass is 10.4. The van der Waals surface area contributed by atoms with Crippen LogP contribution < -0.4 is 4.72 Å². The van der Waals surface area contributed by atoms with Gasteiger partial charge in [-0.15, -0.1) is 11.3 Å². The van der Waals surface area contributed by atoms with E-state index in [4.69, 9.17) is 11.6 Å². The first kappa shape index (κ1) is 15.4. The maximum Gasteiger partial charge on any atom is 0.265 e. The molecule has 0 atom stereocenters. The molecule has 0 unspecified atom stereocenters. The summed E-state index contributed by atoms with van der Waals surface area (Å²) in [7, 11) is -3.84. The van der Waals surface area contributed by atoms with Crippen LogP contribution in [0.3, 0.4) is 0 Å². The van der Waals surface area contributed by atoms with E-state index < -0.39 is 10.0 Å². The third kappa shape index (κ3) is 3.38. The van der Waals surface area contributed by atoms with E-state index in [1.807, 2.05) is 0 Å². The Hall–Kier alpha value is -0.960. The first-order chi connectivity index (χ1) is 9.29. The van der Waals surface area contributed by atoms with Gasteiger partial charge in [0.05, 0.1) is 5.02 Å². The Labute approximate surface area is 133 Å². The zero-order valence-corrected chi connectivity index (χ0v) is 14.0. The summed E-state index contributed by atoms with van der Waals surface area (Å²) in [6.45, 7) is 1.36. The zero-order valence-electron chi connectivity index (χ0n) is 10.1. The number of thiazole rings is 1. The highest BCUT2D eigenvalue weighted by Crippen LogP contribution is 2.27. The molecule has 106 valence electrons. The van der Waals surface area contributed by atoms with Crippen molar-refractivity contribution in [1.82, 2.24) is 4.98 Å². The van der Waals surface area contributed by atoms with Gasteiger partial charge < -0.3 is 0 Å². The number of benzene rings is 1. The number of halogens is 2. The molecule has 1 aromatic carbocycles. The lowest BCUT2D eigenvalue weighted by Gasteiger charge is -2.07. The van der Waals surface area contributed by atoms with Crippen LogP contribution >= 0.6 is 38.9 Å². The smallest absolute Gasteiger partial charge is 0.265 e. The van der Waals surface area contributed by atoms with Gasteiger partial charge >= 0.3 is 0 Å². The Bertz CT molecular complexity index is 774. The van der Waals surface area contributed by atoms with E-state index in [0.717, 1.165) is 11.3 Å². The van der Waals surface area contributed by atoms with Gasteiger partial charge in [-0.05, 0) is 18.2 Å². The van der Waals surface area contributed by atoms with Crippen LogP contribution in [0.15, 0.2) is 32.9 Å². The quantitative estimate of drug-likeness (QED) is 0.803. The van der Waals surface area contributed by atoms with E-state index >= 15 is 0 Å². The topological polar surface area (TPSA) is 76.1 Å². The van der Waals surface area contributed by atoms with Gasteiger partial charge in [-0.3, -0.25) is 9.52 Å². The van der Waals surface area contributed by atoms with Crippen LogP contribution in [0.1, 0.15) is 17.4 Å². The molecule has 0 saturated heterocycles. The predicted octanol–water partition coefficient (Wildman–Crippen LogP) is 3.56. The third-order valence-electron chi connectivity index (χ3n) is 2.27. The van der Waals surface area contributed by atoms with E-state index in [1.165, 1.54) is 24.4 Å². The Morgan fingerprint density at radius 2 is 2.15 bits per heavy atom. The summed E-state index contributed by atoms with van der Waals surface area (Å²) in [4.78, 5) is 15.0. The molecule has 1 heterocycles. The van der Waals surface area contributed by atoms with Crippen LogP contribution in [0.25, 0.3) is 0 Å². The van der Waals surface area contributed by atoms with Gasteiger partial charge in [0.2, 0.25) is 0 Å². The van der Waals surface area contributed by atoms with Gasteiger partial charge in [0.15, 0.2) is 10.9 Å². The molecule has 2 aromatic rings. The number of hydrogen-bond acceptors (Lipinski definition) is 5. The lowest BCUT2D eigenvalue weighted by Crippen LogP contribution is -2.13. The number of sulfonamides is 1. The molecule has 0 bridgehead atoms. The SMILES string of the molecule is CC(=O)c1csc(NS(=O)(=O)c2ccc(Br)cc2Cl)n1. The third-order valence-corrected chi connectivity index (χ3v) is 5.47. The summed E-state index contributed by atoms with van der Waals surface area (Å²) in [6.07, 6.45) is 0. The van der Waals surface area contributed by atoms with E-state index in [2.05, 4.69) is 25.6 Å². The number of carbonyl (C=O) groups is 1. The number of aromatic nitrogens is 1. The molecule has 0 fully saturated rings. The summed E-state index contributed by atoms with van der Waals surface area (Å²) >= 11 is 10.2. The van der Waals surface area contributed by atoms with Crippen LogP contribution in [-0.4, -0.2) is 19.2 Å². The molecule has 0 saturated carbocycles. The van der Waals surface area contributed by atoms with Crippen molar-refractivity contribution >= 4 is 59.8 Å². The average molecular weight is 396 g/mol. The number of rotatable bonds is 4. The van der Waals surface area contributed by atoms with Crippen LogP contribution in [0.5, 0.6) is 0 Å². The van der Waals surface area contributed by atoms with Crippen molar-refractivity contribution in [1.29, 1.82) is 0 Å². The standard InChI is InChI=1S/C11H8BrClN2O3S2/c1-6(16)9-5-19-11(14-9)15-20(17,18)10-3-2-7(12)4-8(10)13/h2-5H,1H3,(H,14,15). The minimum Gasteiger partial charge on any atom is -0.293 e. The molecule has 0 radical (unpaired) electrons. The predicted molar refractivity (Wildman–Crippen MR) is 82.1 cm³/mol. The van der Waals surface area contributed by atoms with Gasteiger partial charge in [0.1, 0.15) is 10.6 Å². The highest BCUT2D eigenvalue weighted by Gasteiger charge is 2.20. The summed E-state index contributed by atoms with van der Waals surface area (Å²) in [5.41, 5.74) is 0.217. The van der Waals surface area contributed by atoms with E-state index in [1.54, 1.807) is 6.07 Å². The summed E-state index contributed by atoms with van der Waals surface area (Å²) in [5.74, 6) is -0.228. The zero-order chi connectivity index (χ0) is 14.9. The maximum atomic E-state index is 12.2. The molecule has 0 spiro atoms. The Kier molecular flexibility index (Phi) is 4.48. The molecule has 0 amide bonds. The van der Waals surface area contributed by atoms with Crippen LogP contribution in [0.2, 0.25) is 5.02 Å². The van der Waals surface area contributed by atoms with E-state index in [9.17, 15) is 13.2 Å². The van der Waals surface area contributed by atoms with Crippen molar-refractivity contribution in [3.05, 3.63) is 38.8 Å². The molecule has 0 aliphatic rings. The minimum absolute atomic E-state index is 0.0538. The van der Waals surface area contributed by atoms with Crippen LogP contribution in [-0.2, 0) is 10.0 Å². The van der Waals surface area contributed by atoms with E-state index in [0.29, 0.717) is 4.47 Å². The van der Waals surface area contributed by atoms with Gasteiger partial charge in [-0.2, -0.15) is 0 Å². The highest BCUT2D eigenvalue weighted by atomic mass is 79.9. The van der Waals surface area contributed by atoms with Crippen molar-refractivity contribution in [2.45, 2.75) is 11.8 Å². The number of ketones is 1. The first-order valence-electron chi connectivity index (χ1n) is 5.24. The molecule has 0 aliphatic carbocycles. The van der Waals surface area contributed by atoms with Gasteiger partial charge in [-0.25, -0.2) is 13.4 Å². The second-order valence-electron chi connectivity index (χ2n) is 3.77. The van der Waals surface area contributed by atoms with Gasteiger partial charge in [0.25, 0.3) is 10.0 Å². The fourth-order valence-electron chi connectivity index (χ4n) is 1.35. The first-order valence-corrected chi connectivity index (χ1v) is 8.77. The fraction of sp³-hybridized carbons (Fsp3) is 0.0909. The summed E-state index contributed by atoms with van der Waals surface area (Å²) in [6, 6.07) is 4.44. The fourth-order valence-corrected chi connectivity index (χ4v) is 4.39. The number of carbonyl (C=O) groups excluding carboxylic acids is 1. The molecule has 20 heavy (non-hydrogen) atoms. The van der Waals surface area contributed by atoms with Crippen molar-refractivity contribution < 1.29 is 13.2 Å². The largest absolute Gasteiger partial charge is 0.293 e. The number of nitrogens with zero attached hydrogens (tertiary/aromatic N) is 1. The molecular formula is C11H8BrClN2O3S2. The van der Waals surface area contributed by atoms with E-state index in [-0.39, 0.29) is 26.5 Å². The number of nitrogens with one attached hydrogen (secondary N) is 1. The second-order valence-corrected chi connectivity index (χ2v) is 7.61. The number of Topliss-reactive ketones (excluding diaryl/α,β-unsaturated/α-hetero) is 1. The molecule has 1 N–H and O–H groups in total. The molecule has 2 rings (SSSR count). The molecule has 9 heteroatoms. The number of hydrogen-bond donors (Lipinski definition) is 1. The summed E-state index contributed by atoms with van der Waals surface area (Å²) < 4.78 is 27.3. The van der Waals surface area contributed by atoms with Crippen LogP contribution in [0, 0.1) is 0 Å². The Morgan fingerprint density at radius 3 is 2.70 bits per heavy atom. The van der Waals surface area contributed by atoms with Crippen molar-refractivity contribution in [3.8, 4) is 0 Å². The van der Waals surface area contributed by atoms with Crippen molar-refractivity contribution in [2.75, 3.05) is 4.72 Å². The maximum absolute atomic E-state index is 12.2. The lowest BCUT2D eigenvalue weighted by molar-refractivity contribution is 0.101. The van der Waals surface area contributed by atoms with Gasteiger partial charge in [-0.1, -0.05) is 27.5 Å². The van der Waals surface area contributed by atoms with Crippen LogP contribution in [0.4, 0.5) is 5.13 Å². The highest BCUT2D eigenvalue weighted by molar-refractivity contribution is 9.10. The van der Waals surface area contributed by atoms with Crippen molar-refractivity contribution in [3.63, 3.8) is 0 Å². The number of anilines is 1. The summed E-state index contributed by atoms with van der Waals surface area (Å²) in [5, 5.41) is 1.70. The second kappa shape index (κ2) is 5.80.